The number of para-hydroxylation sites is 1. The van der Waals surface area contributed by atoms with Crippen molar-refractivity contribution in [2.75, 3.05) is 6.61 Å². The maximum atomic E-state index is 14.0. The van der Waals surface area contributed by atoms with Crippen molar-refractivity contribution in [3.63, 3.8) is 0 Å². The Morgan fingerprint density at radius 2 is 1.87 bits per heavy atom. The lowest BCUT2D eigenvalue weighted by molar-refractivity contribution is -0.139. The van der Waals surface area contributed by atoms with E-state index in [0.29, 0.717) is 37.5 Å². The number of nitrogens with zero attached hydrogens (tertiary/aromatic N) is 2. The molecular formula is C30H28N2O5S. The highest BCUT2D eigenvalue weighted by Crippen LogP contribution is 2.36. The van der Waals surface area contributed by atoms with E-state index in [1.807, 2.05) is 68.4 Å². The molecule has 0 radical (unpaired) electrons. The number of rotatable bonds is 6. The number of phenols is 1. The molecule has 0 aliphatic carbocycles. The Morgan fingerprint density at radius 3 is 2.63 bits per heavy atom. The van der Waals surface area contributed by atoms with Crippen molar-refractivity contribution in [3.05, 3.63) is 103 Å². The third kappa shape index (κ3) is 4.52. The molecule has 3 aromatic carbocycles. The molecule has 0 unspecified atom stereocenters. The standard InChI is InChI=1S/C30H28N2O5S/c1-5-36-29(35)26-18(4)31-30-32(27(26)21-12-8-9-13-24(21)37-17(2)3)28(34)25(38-30)16-22-20-11-7-6-10-19(20)14-15-23(22)33/h6-17,27,33H,5H2,1-4H3/b25-16-/t27-/m1/s1. The topological polar surface area (TPSA) is 90.1 Å². The third-order valence-corrected chi connectivity index (χ3v) is 7.30. The minimum atomic E-state index is -0.788. The van der Waals surface area contributed by atoms with E-state index < -0.39 is 12.0 Å². The summed E-state index contributed by atoms with van der Waals surface area (Å²) in [6.45, 7) is 7.53. The summed E-state index contributed by atoms with van der Waals surface area (Å²) in [5.74, 6) is 0.120. The van der Waals surface area contributed by atoms with Crippen LogP contribution in [0.5, 0.6) is 11.5 Å². The summed E-state index contributed by atoms with van der Waals surface area (Å²) >= 11 is 1.21. The molecule has 0 saturated heterocycles. The Morgan fingerprint density at radius 1 is 1.13 bits per heavy atom. The zero-order chi connectivity index (χ0) is 27.0. The minimum absolute atomic E-state index is 0.0742. The van der Waals surface area contributed by atoms with Gasteiger partial charge in [-0.15, -0.1) is 0 Å². The molecule has 5 rings (SSSR count). The van der Waals surface area contributed by atoms with Gasteiger partial charge in [-0.2, -0.15) is 0 Å². The number of carbonyl (C=O) groups is 1. The van der Waals surface area contributed by atoms with Gasteiger partial charge in [0, 0.05) is 11.1 Å². The molecule has 1 aliphatic heterocycles. The summed E-state index contributed by atoms with van der Waals surface area (Å²) in [7, 11) is 0. The van der Waals surface area contributed by atoms with Crippen molar-refractivity contribution >= 4 is 34.2 Å². The lowest BCUT2D eigenvalue weighted by Gasteiger charge is -2.26. The van der Waals surface area contributed by atoms with Crippen LogP contribution in [0.2, 0.25) is 0 Å². The number of esters is 1. The van der Waals surface area contributed by atoms with Gasteiger partial charge < -0.3 is 14.6 Å². The maximum absolute atomic E-state index is 14.0. The Hall–Kier alpha value is -4.17. The van der Waals surface area contributed by atoms with Gasteiger partial charge in [0.05, 0.1) is 28.5 Å². The Labute approximate surface area is 223 Å². The summed E-state index contributed by atoms with van der Waals surface area (Å²) in [5.41, 5.74) is 1.67. The average Bonchev–Trinajstić information content (AvgIpc) is 3.19. The van der Waals surface area contributed by atoms with Gasteiger partial charge in [0.15, 0.2) is 4.80 Å². The number of hydrogen-bond acceptors (Lipinski definition) is 7. The van der Waals surface area contributed by atoms with E-state index >= 15 is 0 Å². The van der Waals surface area contributed by atoms with Crippen LogP contribution in [-0.4, -0.2) is 28.4 Å². The normalized spacial score (nSPS) is 15.5. The lowest BCUT2D eigenvalue weighted by atomic mass is 9.95. The molecule has 1 aromatic heterocycles. The van der Waals surface area contributed by atoms with E-state index in [-0.39, 0.29) is 24.0 Å². The zero-order valence-electron chi connectivity index (χ0n) is 21.6. The van der Waals surface area contributed by atoms with Gasteiger partial charge in [0.25, 0.3) is 5.56 Å². The monoisotopic (exact) mass is 528 g/mol. The average molecular weight is 529 g/mol. The maximum Gasteiger partial charge on any atom is 0.338 e. The highest BCUT2D eigenvalue weighted by atomic mass is 32.1. The molecule has 0 spiro atoms. The third-order valence-electron chi connectivity index (χ3n) is 6.32. The predicted molar refractivity (Wildman–Crippen MR) is 148 cm³/mol. The van der Waals surface area contributed by atoms with Crippen LogP contribution in [0.1, 0.15) is 44.9 Å². The van der Waals surface area contributed by atoms with Crippen LogP contribution in [0.25, 0.3) is 16.8 Å². The first-order valence-corrected chi connectivity index (χ1v) is 13.3. The second-order valence-electron chi connectivity index (χ2n) is 9.23. The van der Waals surface area contributed by atoms with Crippen molar-refractivity contribution in [3.8, 4) is 11.5 Å². The van der Waals surface area contributed by atoms with Gasteiger partial charge in [-0.25, -0.2) is 9.79 Å². The number of ether oxygens (including phenoxy) is 2. The van der Waals surface area contributed by atoms with Gasteiger partial charge in [-0.1, -0.05) is 59.9 Å². The van der Waals surface area contributed by atoms with Crippen LogP contribution in [0.3, 0.4) is 0 Å². The van der Waals surface area contributed by atoms with E-state index in [1.54, 1.807) is 26.0 Å². The summed E-state index contributed by atoms with van der Waals surface area (Å²) in [6, 6.07) is 17.7. The number of aromatic nitrogens is 1. The Kier molecular flexibility index (Phi) is 6.91. The first-order valence-electron chi connectivity index (χ1n) is 12.5. The molecule has 2 heterocycles. The smallest absolute Gasteiger partial charge is 0.338 e. The molecule has 7 nitrogen and oxygen atoms in total. The first kappa shape index (κ1) is 25.5. The second kappa shape index (κ2) is 10.3. The molecular weight excluding hydrogens is 500 g/mol. The molecule has 0 bridgehead atoms. The summed E-state index contributed by atoms with van der Waals surface area (Å²) < 4.78 is 13.4. The molecule has 8 heteroatoms. The highest BCUT2D eigenvalue weighted by Gasteiger charge is 2.35. The molecule has 0 fully saturated rings. The van der Waals surface area contributed by atoms with E-state index in [4.69, 9.17) is 9.47 Å². The number of aromatic hydroxyl groups is 1. The van der Waals surface area contributed by atoms with E-state index in [9.17, 15) is 14.7 Å². The lowest BCUT2D eigenvalue weighted by Crippen LogP contribution is -2.40. The number of phenolic OH excluding ortho intramolecular Hbond substituents is 1. The molecule has 38 heavy (non-hydrogen) atoms. The largest absolute Gasteiger partial charge is 0.507 e. The molecule has 0 saturated carbocycles. The fraction of sp³-hybridized carbons (Fsp3) is 0.233. The molecule has 4 aromatic rings. The number of carbonyl (C=O) groups excluding carboxylic acids is 1. The first-order chi connectivity index (χ1) is 18.3. The number of allylic oxidation sites excluding steroid dienone is 1. The second-order valence-corrected chi connectivity index (χ2v) is 10.2. The zero-order valence-corrected chi connectivity index (χ0v) is 22.4. The molecule has 1 N–H and O–H groups in total. The SMILES string of the molecule is CCOC(=O)C1=C(C)N=c2s/c(=C\c3c(O)ccc4ccccc34)c(=O)n2[C@@H]1c1ccccc1OC(C)C. The van der Waals surface area contributed by atoms with Crippen molar-refractivity contribution in [2.45, 2.75) is 39.8 Å². The minimum Gasteiger partial charge on any atom is -0.507 e. The fourth-order valence-electron chi connectivity index (χ4n) is 4.72. The van der Waals surface area contributed by atoms with Crippen molar-refractivity contribution in [1.29, 1.82) is 0 Å². The van der Waals surface area contributed by atoms with Gasteiger partial charge in [0.1, 0.15) is 17.5 Å². The van der Waals surface area contributed by atoms with Crippen LogP contribution < -0.4 is 19.6 Å². The van der Waals surface area contributed by atoms with Crippen LogP contribution in [0, 0.1) is 0 Å². The Bertz CT molecular complexity index is 1760. The highest BCUT2D eigenvalue weighted by molar-refractivity contribution is 7.07. The summed E-state index contributed by atoms with van der Waals surface area (Å²) in [6.07, 6.45) is 1.58. The number of thiazole rings is 1. The van der Waals surface area contributed by atoms with Crippen LogP contribution in [0.15, 0.2) is 81.7 Å². The van der Waals surface area contributed by atoms with Gasteiger partial charge in [0.2, 0.25) is 0 Å². The number of fused-ring (bicyclic) bond motifs is 2. The van der Waals surface area contributed by atoms with E-state index in [1.165, 1.54) is 15.9 Å². The number of hydrogen-bond donors (Lipinski definition) is 1. The Balaban J connectivity index is 1.79. The van der Waals surface area contributed by atoms with Crippen LogP contribution in [-0.2, 0) is 9.53 Å². The van der Waals surface area contributed by atoms with Gasteiger partial charge in [-0.3, -0.25) is 9.36 Å². The van der Waals surface area contributed by atoms with E-state index in [2.05, 4.69) is 4.99 Å². The summed E-state index contributed by atoms with van der Waals surface area (Å²) in [4.78, 5) is 32.3. The number of benzene rings is 3. The van der Waals surface area contributed by atoms with Crippen molar-refractivity contribution in [1.82, 2.24) is 4.57 Å². The van der Waals surface area contributed by atoms with Crippen LogP contribution in [0.4, 0.5) is 0 Å². The molecule has 0 amide bonds. The fourth-order valence-corrected chi connectivity index (χ4v) is 5.75. The van der Waals surface area contributed by atoms with Crippen molar-refractivity contribution in [2.24, 2.45) is 4.99 Å². The van der Waals surface area contributed by atoms with E-state index in [0.717, 1.165) is 10.8 Å². The van der Waals surface area contributed by atoms with Gasteiger partial charge >= 0.3 is 5.97 Å². The van der Waals surface area contributed by atoms with Crippen molar-refractivity contribution < 1.29 is 19.4 Å². The molecule has 1 atom stereocenters. The van der Waals surface area contributed by atoms with Gasteiger partial charge in [-0.05, 0) is 56.7 Å². The van der Waals surface area contributed by atoms with Crippen LogP contribution >= 0.6 is 11.3 Å². The predicted octanol–water partition coefficient (Wildman–Crippen LogP) is 4.44. The molecule has 1 aliphatic rings. The quantitative estimate of drug-likeness (QED) is 0.374. The molecule has 194 valence electrons. The summed E-state index contributed by atoms with van der Waals surface area (Å²) in [5, 5.41) is 12.5.